The van der Waals surface area contributed by atoms with E-state index in [1.165, 1.54) is 5.06 Å². The average Bonchev–Trinajstić information content (AvgIpc) is 2.63. The van der Waals surface area contributed by atoms with Crippen LogP contribution in [0.5, 0.6) is 0 Å². The molecule has 0 aliphatic carbocycles. The van der Waals surface area contributed by atoms with Gasteiger partial charge in [-0.05, 0) is 5.56 Å². The van der Waals surface area contributed by atoms with Gasteiger partial charge in [0.25, 0.3) is 5.91 Å². The van der Waals surface area contributed by atoms with Crippen LogP contribution in [0, 0.1) is 5.92 Å². The van der Waals surface area contributed by atoms with Crippen molar-refractivity contribution < 1.29 is 9.63 Å². The van der Waals surface area contributed by atoms with Gasteiger partial charge in [-0.25, -0.2) is 10.5 Å². The molecule has 5 heteroatoms. The zero-order valence-electron chi connectivity index (χ0n) is 9.80. The highest BCUT2D eigenvalue weighted by Crippen LogP contribution is 2.18. The van der Waals surface area contributed by atoms with Gasteiger partial charge in [0, 0.05) is 5.92 Å². The fraction of sp³-hybridized carbons (Fsp3) is 0.417. The largest absolute Gasteiger partial charge is 0.271 e. The van der Waals surface area contributed by atoms with E-state index in [1.54, 1.807) is 0 Å². The first kappa shape index (κ1) is 12.0. The normalized spacial score (nSPS) is 24.4. The smallest absolute Gasteiger partial charge is 0.264 e. The van der Waals surface area contributed by atoms with Crippen LogP contribution in [-0.2, 0) is 16.2 Å². The SMILES string of the molecule is C[C@@H]1CN(OCc2ccccc2)C(=O)[C@@H]1NN. The zero-order valence-corrected chi connectivity index (χ0v) is 9.80. The van der Waals surface area contributed by atoms with E-state index >= 15 is 0 Å². The molecule has 0 saturated carbocycles. The lowest BCUT2D eigenvalue weighted by Crippen LogP contribution is -2.44. The number of hydrazine groups is 1. The van der Waals surface area contributed by atoms with Gasteiger partial charge >= 0.3 is 0 Å². The molecule has 0 bridgehead atoms. The third kappa shape index (κ3) is 2.63. The molecule has 1 aliphatic heterocycles. The molecule has 92 valence electrons. The summed E-state index contributed by atoms with van der Waals surface area (Å²) in [5, 5.41) is 1.39. The molecule has 1 saturated heterocycles. The van der Waals surface area contributed by atoms with E-state index in [9.17, 15) is 4.79 Å². The van der Waals surface area contributed by atoms with Gasteiger partial charge < -0.3 is 0 Å². The maximum absolute atomic E-state index is 11.8. The molecule has 1 aliphatic rings. The monoisotopic (exact) mass is 235 g/mol. The van der Waals surface area contributed by atoms with Crippen LogP contribution in [0.15, 0.2) is 30.3 Å². The molecule has 3 N–H and O–H groups in total. The van der Waals surface area contributed by atoms with E-state index in [2.05, 4.69) is 5.43 Å². The number of nitrogens with one attached hydrogen (secondary N) is 1. The maximum Gasteiger partial charge on any atom is 0.264 e. The Kier molecular flexibility index (Phi) is 3.73. The lowest BCUT2D eigenvalue weighted by Gasteiger charge is -2.15. The van der Waals surface area contributed by atoms with Crippen molar-refractivity contribution in [3.05, 3.63) is 35.9 Å². The van der Waals surface area contributed by atoms with Gasteiger partial charge in [0.15, 0.2) is 0 Å². The minimum atomic E-state index is -0.342. The van der Waals surface area contributed by atoms with E-state index in [0.29, 0.717) is 13.2 Å². The second-order valence-electron chi connectivity index (χ2n) is 4.28. The summed E-state index contributed by atoms with van der Waals surface area (Å²) < 4.78 is 0. The summed E-state index contributed by atoms with van der Waals surface area (Å²) in [7, 11) is 0. The maximum atomic E-state index is 11.8. The van der Waals surface area contributed by atoms with Gasteiger partial charge in [-0.15, -0.1) is 0 Å². The van der Waals surface area contributed by atoms with E-state index in [-0.39, 0.29) is 17.9 Å². The molecule has 1 aromatic carbocycles. The Balaban J connectivity index is 1.91. The highest BCUT2D eigenvalue weighted by Gasteiger charge is 2.37. The van der Waals surface area contributed by atoms with Gasteiger partial charge in [-0.1, -0.05) is 37.3 Å². The molecule has 1 heterocycles. The Labute approximate surface area is 100 Å². The van der Waals surface area contributed by atoms with Crippen LogP contribution in [0.4, 0.5) is 0 Å². The fourth-order valence-corrected chi connectivity index (χ4v) is 1.93. The van der Waals surface area contributed by atoms with Crippen LogP contribution >= 0.6 is 0 Å². The first-order chi connectivity index (χ1) is 8.22. The highest BCUT2D eigenvalue weighted by atomic mass is 16.7. The zero-order chi connectivity index (χ0) is 12.3. The minimum Gasteiger partial charge on any atom is -0.271 e. The summed E-state index contributed by atoms with van der Waals surface area (Å²) in [5.41, 5.74) is 3.56. The van der Waals surface area contributed by atoms with Gasteiger partial charge in [-0.3, -0.25) is 15.5 Å². The number of hydroxylamine groups is 2. The van der Waals surface area contributed by atoms with Crippen LogP contribution in [0.25, 0.3) is 0 Å². The van der Waals surface area contributed by atoms with Gasteiger partial charge in [0.05, 0.1) is 6.54 Å². The molecule has 1 aromatic rings. The molecule has 0 unspecified atom stereocenters. The Hall–Kier alpha value is -1.43. The summed E-state index contributed by atoms with van der Waals surface area (Å²) in [6.45, 7) is 2.94. The molecule has 17 heavy (non-hydrogen) atoms. The molecule has 0 aromatic heterocycles. The highest BCUT2D eigenvalue weighted by molar-refractivity contribution is 5.83. The Morgan fingerprint density at radius 2 is 2.18 bits per heavy atom. The summed E-state index contributed by atoms with van der Waals surface area (Å²) in [5.74, 6) is 5.39. The number of benzene rings is 1. The molecule has 2 rings (SSSR count). The van der Waals surface area contributed by atoms with E-state index in [4.69, 9.17) is 10.7 Å². The van der Waals surface area contributed by atoms with Crippen molar-refractivity contribution in [3.63, 3.8) is 0 Å². The minimum absolute atomic E-state index is 0.101. The molecule has 0 radical (unpaired) electrons. The van der Waals surface area contributed by atoms with Crippen molar-refractivity contribution in [1.82, 2.24) is 10.5 Å². The van der Waals surface area contributed by atoms with Gasteiger partial charge in [-0.2, -0.15) is 0 Å². The predicted molar refractivity (Wildman–Crippen MR) is 63.2 cm³/mol. The Bertz CT molecular complexity index is 383. The molecule has 2 atom stereocenters. The molecule has 1 amide bonds. The van der Waals surface area contributed by atoms with Crippen LogP contribution in [-0.4, -0.2) is 23.6 Å². The van der Waals surface area contributed by atoms with E-state index in [0.717, 1.165) is 5.56 Å². The summed E-state index contributed by atoms with van der Waals surface area (Å²) >= 11 is 0. The molecular formula is C12H17N3O2. The summed E-state index contributed by atoms with van der Waals surface area (Å²) in [6.07, 6.45) is 0. The molecule has 5 nitrogen and oxygen atoms in total. The third-order valence-corrected chi connectivity index (χ3v) is 2.94. The molecular weight excluding hydrogens is 218 g/mol. The van der Waals surface area contributed by atoms with Crippen molar-refractivity contribution >= 4 is 5.91 Å². The van der Waals surface area contributed by atoms with Crippen LogP contribution in [0.1, 0.15) is 12.5 Å². The van der Waals surface area contributed by atoms with Crippen LogP contribution in [0.2, 0.25) is 0 Å². The number of hydrogen-bond acceptors (Lipinski definition) is 4. The topological polar surface area (TPSA) is 67.6 Å². The fourth-order valence-electron chi connectivity index (χ4n) is 1.93. The van der Waals surface area contributed by atoms with Gasteiger partial charge in [0.1, 0.15) is 12.6 Å². The predicted octanol–water partition coefficient (Wildman–Crippen LogP) is 0.428. The first-order valence-corrected chi connectivity index (χ1v) is 5.66. The number of rotatable bonds is 4. The summed E-state index contributed by atoms with van der Waals surface area (Å²) in [6, 6.07) is 9.41. The van der Waals surface area contributed by atoms with E-state index in [1.807, 2.05) is 37.3 Å². The van der Waals surface area contributed by atoms with Crippen molar-refractivity contribution in [2.75, 3.05) is 6.54 Å². The number of nitrogens with zero attached hydrogens (tertiary/aromatic N) is 1. The lowest BCUT2D eigenvalue weighted by molar-refractivity contribution is -0.183. The molecule has 1 fully saturated rings. The number of carbonyl (C=O) groups excluding carboxylic acids is 1. The van der Waals surface area contributed by atoms with E-state index < -0.39 is 0 Å². The Morgan fingerprint density at radius 1 is 1.47 bits per heavy atom. The number of carbonyl (C=O) groups is 1. The number of hydrogen-bond donors (Lipinski definition) is 2. The van der Waals surface area contributed by atoms with Crippen molar-refractivity contribution in [2.45, 2.75) is 19.6 Å². The van der Waals surface area contributed by atoms with Crippen LogP contribution < -0.4 is 11.3 Å². The second-order valence-corrected chi connectivity index (χ2v) is 4.28. The lowest BCUT2D eigenvalue weighted by atomic mass is 10.1. The second kappa shape index (κ2) is 5.27. The standard InChI is InChI=1S/C12H17N3O2/c1-9-7-15(12(16)11(9)14-13)17-8-10-5-3-2-4-6-10/h2-6,9,11,14H,7-8,13H2,1H3/t9-,11-/m1/s1. The van der Waals surface area contributed by atoms with Crippen molar-refractivity contribution in [1.29, 1.82) is 0 Å². The average molecular weight is 235 g/mol. The summed E-state index contributed by atoms with van der Waals surface area (Å²) in [4.78, 5) is 17.3. The molecule has 0 spiro atoms. The van der Waals surface area contributed by atoms with Crippen LogP contribution in [0.3, 0.4) is 0 Å². The van der Waals surface area contributed by atoms with Crippen molar-refractivity contribution in [2.24, 2.45) is 11.8 Å². The first-order valence-electron chi connectivity index (χ1n) is 5.66. The number of nitrogens with two attached hydrogens (primary N) is 1. The Morgan fingerprint density at radius 3 is 2.76 bits per heavy atom. The third-order valence-electron chi connectivity index (χ3n) is 2.94. The quantitative estimate of drug-likeness (QED) is 0.586. The van der Waals surface area contributed by atoms with Gasteiger partial charge in [0.2, 0.25) is 0 Å². The van der Waals surface area contributed by atoms with Crippen molar-refractivity contribution in [3.8, 4) is 0 Å². The number of amides is 1.